The maximum absolute atomic E-state index is 11.9. The number of rotatable bonds is 3. The third-order valence-corrected chi connectivity index (χ3v) is 3.70. The first-order valence-electron chi connectivity index (χ1n) is 7.07. The van der Waals surface area contributed by atoms with E-state index in [9.17, 15) is 14.7 Å². The smallest absolute Gasteiger partial charge is 0.329 e. The van der Waals surface area contributed by atoms with Gasteiger partial charge in [0.25, 0.3) is 0 Å². The molecule has 2 aromatic rings. The Morgan fingerprint density at radius 3 is 2.62 bits per heavy atom. The highest BCUT2D eigenvalue weighted by molar-refractivity contribution is 9.10. The molecule has 2 amide bonds. The van der Waals surface area contributed by atoms with E-state index in [1.54, 1.807) is 18.2 Å². The van der Waals surface area contributed by atoms with Crippen LogP contribution in [0.3, 0.4) is 0 Å². The van der Waals surface area contributed by atoms with Gasteiger partial charge in [0.2, 0.25) is 0 Å². The van der Waals surface area contributed by atoms with E-state index >= 15 is 0 Å². The van der Waals surface area contributed by atoms with Crippen LogP contribution in [0, 0.1) is 13.8 Å². The molecule has 0 aromatic heterocycles. The lowest BCUT2D eigenvalue weighted by Gasteiger charge is -2.08. The van der Waals surface area contributed by atoms with Crippen molar-refractivity contribution in [2.24, 2.45) is 5.10 Å². The molecular weight excluding hydrogens is 374 g/mol. The Morgan fingerprint density at radius 2 is 1.88 bits per heavy atom. The van der Waals surface area contributed by atoms with Crippen LogP contribution >= 0.6 is 15.9 Å². The van der Waals surface area contributed by atoms with Gasteiger partial charge in [0.05, 0.1) is 6.21 Å². The van der Waals surface area contributed by atoms with Crippen LogP contribution in [0.15, 0.2) is 46.0 Å². The van der Waals surface area contributed by atoms with Crippen LogP contribution in [0.1, 0.15) is 16.7 Å². The first-order valence-corrected chi connectivity index (χ1v) is 7.86. The van der Waals surface area contributed by atoms with E-state index in [1.807, 2.05) is 26.0 Å². The number of halogens is 1. The zero-order chi connectivity index (χ0) is 17.7. The highest BCUT2D eigenvalue weighted by Gasteiger charge is 2.14. The number of aryl methyl sites for hydroxylation is 2. The summed E-state index contributed by atoms with van der Waals surface area (Å²) in [4.78, 5) is 23.7. The van der Waals surface area contributed by atoms with Crippen molar-refractivity contribution < 1.29 is 14.7 Å². The first-order chi connectivity index (χ1) is 11.4. The molecule has 0 aliphatic rings. The SMILES string of the molecule is Cc1ccc(C)c(NC(=O)C(=O)NN=Cc2cc(Br)ccc2O)c1. The van der Waals surface area contributed by atoms with Gasteiger partial charge in [0.1, 0.15) is 5.75 Å². The van der Waals surface area contributed by atoms with Crippen LogP contribution in [-0.4, -0.2) is 23.1 Å². The summed E-state index contributed by atoms with van der Waals surface area (Å²) in [5.74, 6) is -1.71. The Hall–Kier alpha value is -2.67. The van der Waals surface area contributed by atoms with Gasteiger partial charge in [-0.1, -0.05) is 28.1 Å². The van der Waals surface area contributed by atoms with Crippen molar-refractivity contribution in [1.82, 2.24) is 5.43 Å². The molecule has 124 valence electrons. The number of benzene rings is 2. The second kappa shape index (κ2) is 7.74. The lowest BCUT2D eigenvalue weighted by molar-refractivity contribution is -0.136. The van der Waals surface area contributed by atoms with E-state index in [4.69, 9.17) is 0 Å². The largest absolute Gasteiger partial charge is 0.507 e. The molecule has 2 rings (SSSR count). The van der Waals surface area contributed by atoms with Crippen molar-refractivity contribution in [2.75, 3.05) is 5.32 Å². The van der Waals surface area contributed by atoms with E-state index in [0.29, 0.717) is 11.3 Å². The fourth-order valence-electron chi connectivity index (χ4n) is 1.89. The van der Waals surface area contributed by atoms with Crippen LogP contribution in [0.4, 0.5) is 5.69 Å². The second-order valence-corrected chi connectivity index (χ2v) is 6.09. The third-order valence-electron chi connectivity index (χ3n) is 3.21. The number of hydrogen-bond acceptors (Lipinski definition) is 4. The highest BCUT2D eigenvalue weighted by atomic mass is 79.9. The number of nitrogens with zero attached hydrogens (tertiary/aromatic N) is 1. The van der Waals surface area contributed by atoms with Crippen molar-refractivity contribution in [3.05, 3.63) is 57.6 Å². The fraction of sp³-hybridized carbons (Fsp3) is 0.118. The van der Waals surface area contributed by atoms with Crippen molar-refractivity contribution in [3.63, 3.8) is 0 Å². The quantitative estimate of drug-likeness (QED) is 0.428. The molecule has 0 fully saturated rings. The fourth-order valence-corrected chi connectivity index (χ4v) is 2.27. The van der Waals surface area contributed by atoms with Gasteiger partial charge >= 0.3 is 11.8 Å². The predicted octanol–water partition coefficient (Wildman–Crippen LogP) is 2.86. The number of carbonyl (C=O) groups excluding carboxylic acids is 2. The molecule has 0 aliphatic carbocycles. The zero-order valence-electron chi connectivity index (χ0n) is 13.1. The predicted molar refractivity (Wildman–Crippen MR) is 96.1 cm³/mol. The molecule has 7 heteroatoms. The third kappa shape index (κ3) is 4.66. The minimum atomic E-state index is -0.901. The Kier molecular flexibility index (Phi) is 5.70. The monoisotopic (exact) mass is 389 g/mol. The number of anilines is 1. The molecule has 0 aliphatic heterocycles. The van der Waals surface area contributed by atoms with Gasteiger partial charge in [-0.2, -0.15) is 5.10 Å². The Morgan fingerprint density at radius 1 is 1.12 bits per heavy atom. The van der Waals surface area contributed by atoms with Crippen molar-refractivity contribution in [3.8, 4) is 5.75 Å². The summed E-state index contributed by atoms with van der Waals surface area (Å²) in [5.41, 5.74) is 4.92. The molecule has 0 spiro atoms. The Bertz CT molecular complexity index is 819. The van der Waals surface area contributed by atoms with Gasteiger partial charge in [-0.3, -0.25) is 9.59 Å². The minimum absolute atomic E-state index is 0.0102. The van der Waals surface area contributed by atoms with Crippen LogP contribution in [-0.2, 0) is 9.59 Å². The van der Waals surface area contributed by atoms with E-state index in [2.05, 4.69) is 31.8 Å². The number of nitrogens with one attached hydrogen (secondary N) is 2. The molecule has 0 saturated carbocycles. The molecule has 0 radical (unpaired) electrons. The molecule has 24 heavy (non-hydrogen) atoms. The van der Waals surface area contributed by atoms with Crippen LogP contribution < -0.4 is 10.7 Å². The normalized spacial score (nSPS) is 10.6. The van der Waals surface area contributed by atoms with E-state index in [0.717, 1.165) is 15.6 Å². The molecule has 0 atom stereocenters. The lowest BCUT2D eigenvalue weighted by atomic mass is 10.1. The highest BCUT2D eigenvalue weighted by Crippen LogP contribution is 2.20. The second-order valence-electron chi connectivity index (χ2n) is 5.17. The number of aromatic hydroxyl groups is 1. The van der Waals surface area contributed by atoms with E-state index in [1.165, 1.54) is 12.3 Å². The molecule has 3 N–H and O–H groups in total. The molecule has 0 unspecified atom stereocenters. The number of phenolic OH excluding ortho intramolecular Hbond substituents is 1. The summed E-state index contributed by atoms with van der Waals surface area (Å²) >= 11 is 3.27. The summed E-state index contributed by atoms with van der Waals surface area (Å²) in [6.45, 7) is 3.73. The maximum Gasteiger partial charge on any atom is 0.329 e. The standard InChI is InChI=1S/C17H16BrN3O3/c1-10-3-4-11(2)14(7-10)20-16(23)17(24)21-19-9-12-8-13(18)5-6-15(12)22/h3-9,22H,1-2H3,(H,20,23)(H,21,24). The summed E-state index contributed by atoms with van der Waals surface area (Å²) in [6, 6.07) is 10.3. The van der Waals surface area contributed by atoms with Crippen molar-refractivity contribution in [1.29, 1.82) is 0 Å². The number of amides is 2. The van der Waals surface area contributed by atoms with Gasteiger partial charge in [-0.15, -0.1) is 0 Å². The van der Waals surface area contributed by atoms with Gasteiger partial charge < -0.3 is 10.4 Å². The number of phenols is 1. The number of hydrogen-bond donors (Lipinski definition) is 3. The number of carbonyl (C=O) groups is 2. The summed E-state index contributed by atoms with van der Waals surface area (Å²) < 4.78 is 0.751. The Balaban J connectivity index is 1.99. The van der Waals surface area contributed by atoms with Crippen LogP contribution in [0.2, 0.25) is 0 Å². The Labute approximate surface area is 147 Å². The summed E-state index contributed by atoms with van der Waals surface area (Å²) in [5, 5.41) is 15.9. The zero-order valence-corrected chi connectivity index (χ0v) is 14.7. The van der Waals surface area contributed by atoms with Crippen LogP contribution in [0.25, 0.3) is 0 Å². The molecule has 0 bridgehead atoms. The average molecular weight is 390 g/mol. The van der Waals surface area contributed by atoms with Gasteiger partial charge in [-0.05, 0) is 49.2 Å². The first kappa shape index (κ1) is 17.7. The van der Waals surface area contributed by atoms with E-state index in [-0.39, 0.29) is 5.75 Å². The summed E-state index contributed by atoms with van der Waals surface area (Å²) in [7, 11) is 0. The molecule has 2 aromatic carbocycles. The van der Waals surface area contributed by atoms with Crippen LogP contribution in [0.5, 0.6) is 5.75 Å². The van der Waals surface area contributed by atoms with Gasteiger partial charge in [0, 0.05) is 15.7 Å². The molecule has 0 saturated heterocycles. The minimum Gasteiger partial charge on any atom is -0.507 e. The molecule has 6 nitrogen and oxygen atoms in total. The topological polar surface area (TPSA) is 90.8 Å². The number of hydrazone groups is 1. The van der Waals surface area contributed by atoms with E-state index < -0.39 is 11.8 Å². The molecular formula is C17H16BrN3O3. The summed E-state index contributed by atoms with van der Waals surface area (Å²) in [6.07, 6.45) is 1.25. The lowest BCUT2D eigenvalue weighted by Crippen LogP contribution is -2.32. The van der Waals surface area contributed by atoms with Gasteiger partial charge in [0.15, 0.2) is 0 Å². The van der Waals surface area contributed by atoms with Crippen molar-refractivity contribution >= 4 is 39.6 Å². The molecule has 0 heterocycles. The van der Waals surface area contributed by atoms with Gasteiger partial charge in [-0.25, -0.2) is 5.43 Å². The van der Waals surface area contributed by atoms with Crippen molar-refractivity contribution in [2.45, 2.75) is 13.8 Å². The maximum atomic E-state index is 11.9. The average Bonchev–Trinajstić information content (AvgIpc) is 2.54.